The van der Waals surface area contributed by atoms with Gasteiger partial charge >= 0.3 is 12.1 Å². The van der Waals surface area contributed by atoms with Crippen molar-refractivity contribution in [2.24, 2.45) is 11.8 Å². The number of hydrogen-bond donors (Lipinski definition) is 1. The Hall–Kier alpha value is -1.57. The van der Waals surface area contributed by atoms with Crippen molar-refractivity contribution < 1.29 is 27.5 Å². The SMILES string of the molecule is COC(=O)C1CC(C(=O)NC[C@H](c2ccc(Br)cc2)C(F)(F)F)C1. The second-order valence-electron chi connectivity index (χ2n) is 5.78. The van der Waals surface area contributed by atoms with Gasteiger partial charge in [-0.1, -0.05) is 28.1 Å². The van der Waals surface area contributed by atoms with E-state index < -0.39 is 30.5 Å². The van der Waals surface area contributed by atoms with Crippen molar-refractivity contribution in [3.63, 3.8) is 0 Å². The Morgan fingerprint density at radius 1 is 1.25 bits per heavy atom. The first-order valence-corrected chi connectivity index (χ1v) is 8.19. The van der Waals surface area contributed by atoms with E-state index >= 15 is 0 Å². The van der Waals surface area contributed by atoms with Gasteiger partial charge in [0.2, 0.25) is 5.91 Å². The fourth-order valence-corrected chi connectivity index (χ4v) is 2.92. The minimum Gasteiger partial charge on any atom is -0.469 e. The number of rotatable bonds is 5. The van der Waals surface area contributed by atoms with Crippen LogP contribution in [0.1, 0.15) is 24.3 Å². The number of benzene rings is 1. The van der Waals surface area contributed by atoms with Crippen LogP contribution in [-0.4, -0.2) is 31.7 Å². The lowest BCUT2D eigenvalue weighted by Gasteiger charge is -2.32. The summed E-state index contributed by atoms with van der Waals surface area (Å²) in [6, 6.07) is 5.82. The zero-order valence-corrected chi connectivity index (χ0v) is 14.5. The van der Waals surface area contributed by atoms with Crippen molar-refractivity contribution in [2.45, 2.75) is 24.9 Å². The summed E-state index contributed by atoms with van der Waals surface area (Å²) in [7, 11) is 1.27. The average Bonchev–Trinajstić information content (AvgIpc) is 2.46. The molecule has 0 saturated heterocycles. The maximum atomic E-state index is 13.2. The number of carbonyl (C=O) groups is 2. The number of esters is 1. The van der Waals surface area contributed by atoms with Crippen molar-refractivity contribution >= 4 is 27.8 Å². The van der Waals surface area contributed by atoms with Gasteiger partial charge in [-0.2, -0.15) is 13.2 Å². The van der Waals surface area contributed by atoms with Crippen LogP contribution in [0.4, 0.5) is 13.2 Å². The predicted octanol–water partition coefficient (Wildman–Crippen LogP) is 3.41. The zero-order valence-electron chi connectivity index (χ0n) is 12.9. The second-order valence-corrected chi connectivity index (χ2v) is 6.69. The van der Waals surface area contributed by atoms with Crippen molar-refractivity contribution in [3.8, 4) is 0 Å². The largest absolute Gasteiger partial charge is 0.469 e. The summed E-state index contributed by atoms with van der Waals surface area (Å²) in [5.41, 5.74) is 0.0899. The summed E-state index contributed by atoms with van der Waals surface area (Å²) in [5.74, 6) is -3.39. The zero-order chi connectivity index (χ0) is 17.9. The standard InChI is InChI=1S/C16H17BrF3NO3/c1-24-15(23)11-6-10(7-11)14(22)21-8-13(16(18,19)20)9-2-4-12(17)5-3-9/h2-5,10-11,13H,6-8H2,1H3,(H,21,22)/t10?,11?,13-/m1/s1. The van der Waals surface area contributed by atoms with Gasteiger partial charge in [0.05, 0.1) is 18.9 Å². The van der Waals surface area contributed by atoms with E-state index in [1.807, 2.05) is 0 Å². The van der Waals surface area contributed by atoms with Gasteiger partial charge in [0.1, 0.15) is 0 Å². The minimum absolute atomic E-state index is 0.0899. The molecule has 0 unspecified atom stereocenters. The molecule has 24 heavy (non-hydrogen) atoms. The van der Waals surface area contributed by atoms with Gasteiger partial charge in [0.25, 0.3) is 0 Å². The maximum absolute atomic E-state index is 13.2. The van der Waals surface area contributed by atoms with Crippen LogP contribution in [-0.2, 0) is 14.3 Å². The number of methoxy groups -OCH3 is 1. The van der Waals surface area contributed by atoms with Gasteiger partial charge in [0.15, 0.2) is 0 Å². The van der Waals surface area contributed by atoms with E-state index in [0.717, 1.165) is 0 Å². The quantitative estimate of drug-likeness (QED) is 0.760. The van der Waals surface area contributed by atoms with Crippen LogP contribution >= 0.6 is 15.9 Å². The molecule has 1 aliphatic rings. The van der Waals surface area contributed by atoms with Gasteiger partial charge in [0, 0.05) is 16.9 Å². The molecule has 0 spiro atoms. The fraction of sp³-hybridized carbons (Fsp3) is 0.500. The highest BCUT2D eigenvalue weighted by molar-refractivity contribution is 9.10. The Balaban J connectivity index is 1.93. The van der Waals surface area contributed by atoms with Crippen molar-refractivity contribution in [2.75, 3.05) is 13.7 Å². The van der Waals surface area contributed by atoms with E-state index in [0.29, 0.717) is 17.3 Å². The lowest BCUT2D eigenvalue weighted by Crippen LogP contribution is -2.44. The van der Waals surface area contributed by atoms with Gasteiger partial charge in [-0.25, -0.2) is 0 Å². The molecule has 0 aromatic heterocycles. The van der Waals surface area contributed by atoms with Crippen molar-refractivity contribution in [1.29, 1.82) is 0 Å². The molecule has 1 N–H and O–H groups in total. The molecule has 8 heteroatoms. The Morgan fingerprint density at radius 3 is 2.33 bits per heavy atom. The molecule has 1 atom stereocenters. The Kier molecular flexibility index (Phi) is 5.90. The Bertz CT molecular complexity index is 598. The smallest absolute Gasteiger partial charge is 0.397 e. The Morgan fingerprint density at radius 2 is 1.83 bits per heavy atom. The van der Waals surface area contributed by atoms with Crippen LogP contribution in [0, 0.1) is 11.8 Å². The highest BCUT2D eigenvalue weighted by Crippen LogP contribution is 2.37. The predicted molar refractivity (Wildman–Crippen MR) is 84.2 cm³/mol. The molecule has 1 fully saturated rings. The van der Waals surface area contributed by atoms with Gasteiger partial charge < -0.3 is 10.1 Å². The number of amides is 1. The highest BCUT2D eigenvalue weighted by Gasteiger charge is 2.43. The lowest BCUT2D eigenvalue weighted by molar-refractivity contribution is -0.153. The van der Waals surface area contributed by atoms with Crippen LogP contribution in [0.25, 0.3) is 0 Å². The third kappa shape index (κ3) is 4.49. The van der Waals surface area contributed by atoms with Crippen LogP contribution in [0.5, 0.6) is 0 Å². The second kappa shape index (κ2) is 7.55. The first-order chi connectivity index (χ1) is 11.2. The minimum atomic E-state index is -4.46. The highest BCUT2D eigenvalue weighted by atomic mass is 79.9. The van der Waals surface area contributed by atoms with Gasteiger partial charge in [-0.05, 0) is 30.5 Å². The molecular weight excluding hydrogens is 391 g/mol. The topological polar surface area (TPSA) is 55.4 Å². The van der Waals surface area contributed by atoms with E-state index in [1.54, 1.807) is 0 Å². The van der Waals surface area contributed by atoms with Crippen LogP contribution in [0.2, 0.25) is 0 Å². The number of nitrogens with one attached hydrogen (secondary N) is 1. The van der Waals surface area contributed by atoms with Gasteiger partial charge in [-0.3, -0.25) is 9.59 Å². The van der Waals surface area contributed by atoms with Crippen LogP contribution in [0.15, 0.2) is 28.7 Å². The molecule has 0 heterocycles. The number of alkyl halides is 3. The molecule has 1 amide bonds. The third-order valence-corrected chi connectivity index (χ3v) is 4.72. The number of halogens is 4. The van der Waals surface area contributed by atoms with E-state index in [4.69, 9.17) is 0 Å². The van der Waals surface area contributed by atoms with E-state index in [-0.39, 0.29) is 17.5 Å². The van der Waals surface area contributed by atoms with E-state index in [1.165, 1.54) is 31.4 Å². The summed E-state index contributed by atoms with van der Waals surface area (Å²) in [6.07, 6.45) is -3.84. The molecular formula is C16H17BrF3NO3. The summed E-state index contributed by atoms with van der Waals surface area (Å²) in [6.45, 7) is -0.524. The van der Waals surface area contributed by atoms with Crippen molar-refractivity contribution in [3.05, 3.63) is 34.3 Å². The molecule has 0 bridgehead atoms. The Labute approximate surface area is 145 Å². The monoisotopic (exact) mass is 407 g/mol. The summed E-state index contributed by atoms with van der Waals surface area (Å²) in [4.78, 5) is 23.2. The van der Waals surface area contributed by atoms with Gasteiger partial charge in [-0.15, -0.1) is 0 Å². The molecule has 2 rings (SSSR count). The van der Waals surface area contributed by atoms with E-state index in [2.05, 4.69) is 26.0 Å². The molecule has 4 nitrogen and oxygen atoms in total. The van der Waals surface area contributed by atoms with Crippen LogP contribution in [0.3, 0.4) is 0 Å². The molecule has 0 aliphatic heterocycles. The van der Waals surface area contributed by atoms with E-state index in [9.17, 15) is 22.8 Å². The molecule has 1 aliphatic carbocycles. The summed E-state index contributed by atoms with van der Waals surface area (Å²) < 4.78 is 45.0. The molecule has 1 aromatic carbocycles. The number of carbonyl (C=O) groups excluding carboxylic acids is 2. The first-order valence-electron chi connectivity index (χ1n) is 7.40. The number of hydrogen-bond acceptors (Lipinski definition) is 3. The molecule has 0 radical (unpaired) electrons. The average molecular weight is 408 g/mol. The normalized spacial score (nSPS) is 21.5. The molecule has 1 saturated carbocycles. The van der Waals surface area contributed by atoms with Crippen molar-refractivity contribution in [1.82, 2.24) is 5.32 Å². The van der Waals surface area contributed by atoms with Crippen LogP contribution < -0.4 is 5.32 Å². The number of ether oxygens (including phenoxy) is 1. The summed E-state index contributed by atoms with van der Waals surface area (Å²) in [5, 5.41) is 2.36. The molecule has 1 aromatic rings. The first kappa shape index (κ1) is 18.8. The third-order valence-electron chi connectivity index (χ3n) is 4.19. The lowest BCUT2D eigenvalue weighted by atomic mass is 9.74. The molecule has 132 valence electrons. The fourth-order valence-electron chi connectivity index (χ4n) is 2.66. The summed E-state index contributed by atoms with van der Waals surface area (Å²) >= 11 is 3.18. The maximum Gasteiger partial charge on any atom is 0.397 e.